The number of hydrogen-bond donors (Lipinski definition) is 1. The number of hydrogen-bond acceptors (Lipinski definition) is 5. The highest BCUT2D eigenvalue weighted by molar-refractivity contribution is 9.10. The highest BCUT2D eigenvalue weighted by Gasteiger charge is 2.18. The van der Waals surface area contributed by atoms with Crippen LogP contribution < -0.4 is 9.47 Å². The van der Waals surface area contributed by atoms with Crippen LogP contribution in [0.5, 0.6) is 11.5 Å². The van der Waals surface area contributed by atoms with E-state index >= 15 is 0 Å². The fourth-order valence-electron chi connectivity index (χ4n) is 2.36. The van der Waals surface area contributed by atoms with Crippen LogP contribution in [0.4, 0.5) is 0 Å². The average molecular weight is 411 g/mol. The van der Waals surface area contributed by atoms with Crippen molar-refractivity contribution in [2.24, 2.45) is 0 Å². The van der Waals surface area contributed by atoms with Gasteiger partial charge in [-0.05, 0) is 41.9 Å². The maximum absolute atomic E-state index is 11.1. The fourth-order valence-corrected chi connectivity index (χ4v) is 3.67. The highest BCUT2D eigenvalue weighted by Crippen LogP contribution is 2.40. The molecule has 0 spiro atoms. The van der Waals surface area contributed by atoms with Crippen LogP contribution in [0, 0.1) is 0 Å². The van der Waals surface area contributed by atoms with Crippen molar-refractivity contribution in [1.29, 1.82) is 0 Å². The monoisotopic (exact) mass is 410 g/mol. The summed E-state index contributed by atoms with van der Waals surface area (Å²) >= 11 is 4.87. The number of carbonyl (C=O) groups is 1. The Balaban J connectivity index is 2.19. The van der Waals surface area contributed by atoms with Gasteiger partial charge < -0.3 is 14.6 Å². The molecule has 0 unspecified atom stereocenters. The Morgan fingerprint density at radius 1 is 1.29 bits per heavy atom. The summed E-state index contributed by atoms with van der Waals surface area (Å²) < 4.78 is 14.0. The molecule has 0 saturated heterocycles. The van der Waals surface area contributed by atoms with E-state index in [-0.39, 0.29) is 5.69 Å². The van der Waals surface area contributed by atoms with Crippen LogP contribution in [-0.4, -0.2) is 33.7 Å². The summed E-state index contributed by atoms with van der Waals surface area (Å²) in [7, 11) is 0. The summed E-state index contributed by atoms with van der Waals surface area (Å²) in [5, 5.41) is 11.1. The number of halogens is 1. The van der Waals surface area contributed by atoms with Crippen molar-refractivity contribution in [3.63, 3.8) is 0 Å². The lowest BCUT2D eigenvalue weighted by Crippen LogP contribution is -1.99. The summed E-state index contributed by atoms with van der Waals surface area (Å²) in [5.74, 6) is 0.347. The second-order valence-electron chi connectivity index (χ2n) is 4.85. The van der Waals surface area contributed by atoms with E-state index in [0.717, 1.165) is 15.7 Å². The summed E-state index contributed by atoms with van der Waals surface area (Å²) in [6, 6.07) is 3.75. The van der Waals surface area contributed by atoms with Crippen molar-refractivity contribution in [2.75, 3.05) is 13.2 Å². The normalized spacial score (nSPS) is 11.0. The smallest absolute Gasteiger partial charge is 0.356 e. The molecular weight excluding hydrogens is 396 g/mol. The summed E-state index contributed by atoms with van der Waals surface area (Å²) in [4.78, 5) is 15.9. The molecule has 0 aliphatic carbocycles. The van der Waals surface area contributed by atoms with E-state index in [1.165, 1.54) is 17.5 Å². The van der Waals surface area contributed by atoms with Crippen LogP contribution in [0.3, 0.4) is 0 Å². The number of benzene rings is 1. The minimum absolute atomic E-state index is 0.0169. The molecule has 24 heavy (non-hydrogen) atoms. The molecule has 1 N–H and O–H groups in total. The van der Waals surface area contributed by atoms with E-state index in [0.29, 0.717) is 29.7 Å². The van der Waals surface area contributed by atoms with Gasteiger partial charge in [0.25, 0.3) is 0 Å². The first-order valence-corrected chi connectivity index (χ1v) is 9.01. The number of rotatable bonds is 6. The van der Waals surface area contributed by atoms with Crippen LogP contribution in [0.15, 0.2) is 28.2 Å². The second kappa shape index (κ2) is 6.82. The topological polar surface area (TPSA) is 73.1 Å². The number of nitrogens with zero attached hydrogens (tertiary/aromatic N) is 2. The van der Waals surface area contributed by atoms with Gasteiger partial charge in [-0.25, -0.2) is 9.78 Å². The van der Waals surface area contributed by atoms with Gasteiger partial charge in [-0.2, -0.15) is 0 Å². The third-order valence-electron chi connectivity index (χ3n) is 3.34. The van der Waals surface area contributed by atoms with Gasteiger partial charge in [0.05, 0.1) is 23.4 Å². The molecular formula is C16H15BrN2O4S. The third kappa shape index (κ3) is 2.99. The van der Waals surface area contributed by atoms with Crippen molar-refractivity contribution >= 4 is 38.2 Å². The molecule has 3 aromatic rings. The number of aromatic nitrogens is 2. The second-order valence-corrected chi connectivity index (χ2v) is 6.54. The van der Waals surface area contributed by atoms with Crippen molar-refractivity contribution in [1.82, 2.24) is 9.38 Å². The largest absolute Gasteiger partial charge is 0.493 e. The Bertz CT molecular complexity index is 903. The molecule has 0 radical (unpaired) electrons. The summed E-state index contributed by atoms with van der Waals surface area (Å²) in [6.45, 7) is 4.89. The Kier molecular flexibility index (Phi) is 4.77. The number of fused-ring (bicyclic) bond motifs is 1. The van der Waals surface area contributed by atoms with E-state index in [2.05, 4.69) is 20.9 Å². The molecule has 0 aliphatic rings. The van der Waals surface area contributed by atoms with Crippen LogP contribution in [0.1, 0.15) is 24.3 Å². The predicted octanol–water partition coefficient (Wildman–Crippen LogP) is 4.32. The molecule has 3 rings (SSSR count). The zero-order chi connectivity index (χ0) is 17.3. The number of thiazole rings is 1. The van der Waals surface area contributed by atoms with Crippen molar-refractivity contribution in [2.45, 2.75) is 13.8 Å². The van der Waals surface area contributed by atoms with E-state index < -0.39 is 5.97 Å². The zero-order valence-electron chi connectivity index (χ0n) is 13.1. The average Bonchev–Trinajstić information content (AvgIpc) is 3.11. The van der Waals surface area contributed by atoms with Gasteiger partial charge in [0.15, 0.2) is 10.7 Å². The van der Waals surface area contributed by atoms with Gasteiger partial charge in [0.2, 0.25) is 0 Å². The standard InChI is InChI=1S/C16H15BrN2O4S/c1-3-22-13-6-10(17)14(23-4-2)5-9(13)12-8-24-16-18-11(15(20)21)7-19(12)16/h5-8H,3-4H2,1-2H3,(H,20,21). The molecule has 6 nitrogen and oxygen atoms in total. The Morgan fingerprint density at radius 3 is 2.67 bits per heavy atom. The van der Waals surface area contributed by atoms with Crippen LogP contribution >= 0.6 is 27.3 Å². The molecule has 2 aromatic heterocycles. The van der Waals surface area contributed by atoms with Crippen molar-refractivity contribution < 1.29 is 19.4 Å². The van der Waals surface area contributed by atoms with Gasteiger partial charge in [-0.15, -0.1) is 11.3 Å². The summed E-state index contributed by atoms with van der Waals surface area (Å²) in [6.07, 6.45) is 1.52. The highest BCUT2D eigenvalue weighted by atomic mass is 79.9. The zero-order valence-corrected chi connectivity index (χ0v) is 15.5. The number of imidazole rings is 1. The summed E-state index contributed by atoms with van der Waals surface area (Å²) in [5.41, 5.74) is 1.65. The van der Waals surface area contributed by atoms with Gasteiger partial charge >= 0.3 is 5.97 Å². The molecule has 1 aromatic carbocycles. The molecule has 0 bridgehead atoms. The van der Waals surface area contributed by atoms with Gasteiger partial charge in [-0.1, -0.05) is 0 Å². The molecule has 126 valence electrons. The van der Waals surface area contributed by atoms with Crippen molar-refractivity contribution in [3.8, 4) is 22.8 Å². The fraction of sp³-hybridized carbons (Fsp3) is 0.250. The number of ether oxygens (including phenoxy) is 2. The minimum Gasteiger partial charge on any atom is -0.493 e. The van der Waals surface area contributed by atoms with E-state index in [1.54, 1.807) is 4.40 Å². The van der Waals surface area contributed by atoms with Gasteiger partial charge in [0, 0.05) is 17.1 Å². The SMILES string of the molecule is CCOc1cc(-c2csc3nc(C(=O)O)cn23)c(OCC)cc1Br. The lowest BCUT2D eigenvalue weighted by Gasteiger charge is -2.14. The first-order valence-electron chi connectivity index (χ1n) is 7.34. The molecule has 0 fully saturated rings. The third-order valence-corrected chi connectivity index (χ3v) is 4.80. The Morgan fingerprint density at radius 2 is 2.00 bits per heavy atom. The van der Waals surface area contributed by atoms with Crippen LogP contribution in [0.2, 0.25) is 0 Å². The molecule has 8 heteroatoms. The lowest BCUT2D eigenvalue weighted by atomic mass is 10.1. The number of carboxylic acid groups (broad SMARTS) is 1. The molecule has 2 heterocycles. The maximum atomic E-state index is 11.1. The van der Waals surface area contributed by atoms with Gasteiger partial charge in [0.1, 0.15) is 11.5 Å². The first-order chi connectivity index (χ1) is 11.5. The van der Waals surface area contributed by atoms with Crippen LogP contribution in [-0.2, 0) is 0 Å². The quantitative estimate of drug-likeness (QED) is 0.654. The van der Waals surface area contributed by atoms with E-state index in [4.69, 9.17) is 14.6 Å². The van der Waals surface area contributed by atoms with Crippen LogP contribution in [0.25, 0.3) is 16.2 Å². The minimum atomic E-state index is -1.05. The molecule has 0 aliphatic heterocycles. The molecule has 0 amide bonds. The molecule has 0 saturated carbocycles. The lowest BCUT2D eigenvalue weighted by molar-refractivity contribution is 0.0691. The van der Waals surface area contributed by atoms with Crippen molar-refractivity contribution in [3.05, 3.63) is 33.9 Å². The van der Waals surface area contributed by atoms with E-state index in [9.17, 15) is 4.79 Å². The van der Waals surface area contributed by atoms with Gasteiger partial charge in [-0.3, -0.25) is 4.40 Å². The maximum Gasteiger partial charge on any atom is 0.356 e. The Hall–Kier alpha value is -2.06. The predicted molar refractivity (Wildman–Crippen MR) is 95.5 cm³/mol. The molecule has 0 atom stereocenters. The van der Waals surface area contributed by atoms with E-state index in [1.807, 2.05) is 31.4 Å². The first kappa shape index (κ1) is 16.8. The number of carboxylic acids is 1. The Labute approximate surface area is 150 Å². The number of aromatic carboxylic acids is 1.